The number of rotatable bonds is 2. The van der Waals surface area contributed by atoms with Crippen LogP contribution in [0.2, 0.25) is 0 Å². The molecule has 0 spiro atoms. The summed E-state index contributed by atoms with van der Waals surface area (Å²) >= 11 is 0. The Bertz CT molecular complexity index is 204. The predicted molar refractivity (Wildman–Crippen MR) is 46.8 cm³/mol. The van der Waals surface area contributed by atoms with E-state index in [9.17, 15) is 18.0 Å². The molecule has 0 amide bonds. The normalized spacial score (nSPS) is 22.0. The van der Waals surface area contributed by atoms with E-state index in [1.165, 1.54) is 0 Å². The van der Waals surface area contributed by atoms with Crippen LogP contribution in [0.25, 0.3) is 0 Å². The van der Waals surface area contributed by atoms with Crippen molar-refractivity contribution in [3.63, 3.8) is 0 Å². The van der Waals surface area contributed by atoms with Crippen LogP contribution in [0.15, 0.2) is 0 Å². The highest BCUT2D eigenvalue weighted by molar-refractivity contribution is 5.83. The molecular formula is C10H15F3O. The van der Waals surface area contributed by atoms with Crippen molar-refractivity contribution in [2.75, 3.05) is 0 Å². The Labute approximate surface area is 81.7 Å². The number of alkyl halides is 3. The third kappa shape index (κ3) is 2.72. The second-order valence-electron chi connectivity index (χ2n) is 4.00. The molecule has 1 nitrogen and oxygen atoms in total. The molecule has 1 saturated carbocycles. The van der Waals surface area contributed by atoms with Crippen LogP contribution in [0.1, 0.15) is 39.0 Å². The van der Waals surface area contributed by atoms with E-state index in [1.54, 1.807) is 0 Å². The zero-order chi connectivity index (χ0) is 10.8. The van der Waals surface area contributed by atoms with Crippen LogP contribution >= 0.6 is 0 Å². The Morgan fingerprint density at radius 3 is 2.14 bits per heavy atom. The fraction of sp³-hybridized carbons (Fsp3) is 0.900. The molecule has 0 aromatic rings. The lowest BCUT2D eigenvalue weighted by molar-refractivity contribution is -0.180. The van der Waals surface area contributed by atoms with Crippen LogP contribution in [0.3, 0.4) is 0 Å². The Hall–Kier alpha value is -0.540. The molecule has 0 radical (unpaired) electrons. The molecule has 0 saturated heterocycles. The maximum absolute atomic E-state index is 12.2. The molecule has 14 heavy (non-hydrogen) atoms. The van der Waals surface area contributed by atoms with E-state index in [0.29, 0.717) is 12.8 Å². The SMILES string of the molecule is CC(C(=O)C1CCCCC1)C(F)(F)F. The molecule has 1 rings (SSSR count). The van der Waals surface area contributed by atoms with Crippen molar-refractivity contribution in [3.8, 4) is 0 Å². The molecule has 1 fully saturated rings. The summed E-state index contributed by atoms with van der Waals surface area (Å²) in [7, 11) is 0. The van der Waals surface area contributed by atoms with Gasteiger partial charge in [0.25, 0.3) is 0 Å². The van der Waals surface area contributed by atoms with Gasteiger partial charge in [0.05, 0.1) is 0 Å². The monoisotopic (exact) mass is 208 g/mol. The van der Waals surface area contributed by atoms with Crippen molar-refractivity contribution in [2.45, 2.75) is 45.2 Å². The van der Waals surface area contributed by atoms with Gasteiger partial charge in [-0.15, -0.1) is 0 Å². The summed E-state index contributed by atoms with van der Waals surface area (Å²) < 4.78 is 36.7. The maximum Gasteiger partial charge on any atom is 0.398 e. The highest BCUT2D eigenvalue weighted by Gasteiger charge is 2.43. The predicted octanol–water partition coefficient (Wildman–Crippen LogP) is 3.33. The number of carbonyl (C=O) groups excluding carboxylic acids is 1. The van der Waals surface area contributed by atoms with Crippen molar-refractivity contribution >= 4 is 5.78 Å². The van der Waals surface area contributed by atoms with Gasteiger partial charge >= 0.3 is 6.18 Å². The largest absolute Gasteiger partial charge is 0.398 e. The molecule has 1 atom stereocenters. The summed E-state index contributed by atoms with van der Waals surface area (Å²) in [5.74, 6) is -2.75. The van der Waals surface area contributed by atoms with E-state index in [1.807, 2.05) is 0 Å². The van der Waals surface area contributed by atoms with Crippen LogP contribution in [-0.2, 0) is 4.79 Å². The summed E-state index contributed by atoms with van der Waals surface area (Å²) in [5.41, 5.74) is 0. The summed E-state index contributed by atoms with van der Waals surface area (Å²) in [4.78, 5) is 11.4. The number of ketones is 1. The first-order chi connectivity index (χ1) is 6.43. The van der Waals surface area contributed by atoms with Crippen molar-refractivity contribution in [1.82, 2.24) is 0 Å². The zero-order valence-electron chi connectivity index (χ0n) is 8.23. The van der Waals surface area contributed by atoms with Gasteiger partial charge in [-0.05, 0) is 19.8 Å². The van der Waals surface area contributed by atoms with Gasteiger partial charge in [-0.3, -0.25) is 4.79 Å². The lowest BCUT2D eigenvalue weighted by Gasteiger charge is -2.24. The number of Topliss-reactive ketones (excluding diaryl/α,β-unsaturated/α-hetero) is 1. The molecule has 0 aromatic heterocycles. The number of carbonyl (C=O) groups is 1. The van der Waals surface area contributed by atoms with Crippen molar-refractivity contribution in [2.24, 2.45) is 11.8 Å². The van der Waals surface area contributed by atoms with Gasteiger partial charge in [0.2, 0.25) is 0 Å². The van der Waals surface area contributed by atoms with Gasteiger partial charge in [0, 0.05) is 5.92 Å². The van der Waals surface area contributed by atoms with E-state index in [4.69, 9.17) is 0 Å². The molecule has 0 aliphatic heterocycles. The van der Waals surface area contributed by atoms with Crippen LogP contribution in [0, 0.1) is 11.8 Å². The Morgan fingerprint density at radius 1 is 1.21 bits per heavy atom. The van der Waals surface area contributed by atoms with Gasteiger partial charge < -0.3 is 0 Å². The summed E-state index contributed by atoms with van der Waals surface area (Å²) in [6.07, 6.45) is -0.265. The van der Waals surface area contributed by atoms with Gasteiger partial charge in [-0.2, -0.15) is 13.2 Å². The smallest absolute Gasteiger partial charge is 0.299 e. The van der Waals surface area contributed by atoms with E-state index in [0.717, 1.165) is 26.2 Å². The van der Waals surface area contributed by atoms with Crippen molar-refractivity contribution in [1.29, 1.82) is 0 Å². The molecule has 0 aromatic carbocycles. The molecule has 1 unspecified atom stereocenters. The molecule has 4 heteroatoms. The van der Waals surface area contributed by atoms with Crippen molar-refractivity contribution in [3.05, 3.63) is 0 Å². The average Bonchev–Trinajstić information content (AvgIpc) is 2.15. The quantitative estimate of drug-likeness (QED) is 0.680. The van der Waals surface area contributed by atoms with E-state index in [-0.39, 0.29) is 5.92 Å². The molecule has 0 heterocycles. The first-order valence-electron chi connectivity index (χ1n) is 5.03. The van der Waals surface area contributed by atoms with Gasteiger partial charge in [0.1, 0.15) is 11.7 Å². The highest BCUT2D eigenvalue weighted by atomic mass is 19.4. The fourth-order valence-corrected chi connectivity index (χ4v) is 1.90. The highest BCUT2D eigenvalue weighted by Crippen LogP contribution is 2.33. The van der Waals surface area contributed by atoms with Crippen LogP contribution < -0.4 is 0 Å². The number of hydrogen-bond donors (Lipinski definition) is 0. The summed E-state index contributed by atoms with van der Waals surface area (Å²) in [5, 5.41) is 0. The maximum atomic E-state index is 12.2. The third-order valence-corrected chi connectivity index (χ3v) is 2.93. The second-order valence-corrected chi connectivity index (χ2v) is 4.00. The first kappa shape index (κ1) is 11.5. The second kappa shape index (κ2) is 4.32. The molecule has 1 aliphatic rings. The Kier molecular flexibility index (Phi) is 3.56. The lowest BCUT2D eigenvalue weighted by atomic mass is 9.82. The molecule has 1 aliphatic carbocycles. The molecule has 0 bridgehead atoms. The van der Waals surface area contributed by atoms with Gasteiger partial charge in [0.15, 0.2) is 0 Å². The van der Waals surface area contributed by atoms with Crippen molar-refractivity contribution < 1.29 is 18.0 Å². The van der Waals surface area contributed by atoms with E-state index in [2.05, 4.69) is 0 Å². The van der Waals surface area contributed by atoms with E-state index < -0.39 is 17.9 Å². The molecule has 0 N–H and O–H groups in total. The molecular weight excluding hydrogens is 193 g/mol. The number of hydrogen-bond acceptors (Lipinski definition) is 1. The van der Waals surface area contributed by atoms with Crippen LogP contribution in [0.5, 0.6) is 0 Å². The minimum Gasteiger partial charge on any atom is -0.299 e. The minimum atomic E-state index is -4.37. The van der Waals surface area contributed by atoms with E-state index >= 15 is 0 Å². The van der Waals surface area contributed by atoms with Gasteiger partial charge in [-0.25, -0.2) is 0 Å². The zero-order valence-corrected chi connectivity index (χ0v) is 8.23. The summed E-state index contributed by atoms with van der Waals surface area (Å²) in [6, 6.07) is 0. The number of halogens is 3. The average molecular weight is 208 g/mol. The Morgan fingerprint density at radius 2 is 1.71 bits per heavy atom. The first-order valence-corrected chi connectivity index (χ1v) is 5.03. The fourth-order valence-electron chi connectivity index (χ4n) is 1.90. The summed E-state index contributed by atoms with van der Waals surface area (Å²) in [6.45, 7) is 0.969. The van der Waals surface area contributed by atoms with Gasteiger partial charge in [-0.1, -0.05) is 19.3 Å². The minimum absolute atomic E-state index is 0.347. The third-order valence-electron chi connectivity index (χ3n) is 2.93. The lowest BCUT2D eigenvalue weighted by Crippen LogP contribution is -2.33. The standard InChI is InChI=1S/C10H15F3O/c1-7(10(11,12)13)9(14)8-5-3-2-4-6-8/h7-8H,2-6H2,1H3. The molecule has 82 valence electrons. The topological polar surface area (TPSA) is 17.1 Å². The Balaban J connectivity index is 2.55. The van der Waals surface area contributed by atoms with Crippen LogP contribution in [-0.4, -0.2) is 12.0 Å². The van der Waals surface area contributed by atoms with Crippen LogP contribution in [0.4, 0.5) is 13.2 Å².